The number of piperidine rings is 1. The summed E-state index contributed by atoms with van der Waals surface area (Å²) in [6.07, 6.45) is 6.22. The third-order valence-corrected chi connectivity index (χ3v) is 5.31. The first-order valence-corrected chi connectivity index (χ1v) is 9.33. The van der Waals surface area contributed by atoms with E-state index in [0.717, 1.165) is 25.3 Å². The molecule has 1 aromatic heterocycles. The summed E-state index contributed by atoms with van der Waals surface area (Å²) in [5, 5.41) is 8.33. The third-order valence-electron chi connectivity index (χ3n) is 4.50. The van der Waals surface area contributed by atoms with Crippen LogP contribution in [0.1, 0.15) is 44.2 Å². The van der Waals surface area contributed by atoms with Crippen molar-refractivity contribution in [2.75, 3.05) is 25.0 Å². The van der Waals surface area contributed by atoms with Crippen molar-refractivity contribution in [3.63, 3.8) is 0 Å². The second-order valence-corrected chi connectivity index (χ2v) is 7.22. The quantitative estimate of drug-likeness (QED) is 0.882. The van der Waals surface area contributed by atoms with Gasteiger partial charge in [-0.1, -0.05) is 12.8 Å². The molecule has 0 bridgehead atoms. The molecule has 2 fully saturated rings. The Balaban J connectivity index is 1.50. The molecule has 0 unspecified atom stereocenters. The smallest absolute Gasteiger partial charge is 0.231 e. The molecule has 1 atom stereocenters. The van der Waals surface area contributed by atoms with Crippen LogP contribution in [0.4, 0.5) is 5.13 Å². The van der Waals surface area contributed by atoms with Crippen LogP contribution in [-0.4, -0.2) is 41.3 Å². The molecule has 126 valence electrons. The van der Waals surface area contributed by atoms with Crippen LogP contribution in [0.5, 0.6) is 0 Å². The number of anilines is 1. The van der Waals surface area contributed by atoms with Gasteiger partial charge in [-0.3, -0.25) is 14.5 Å². The van der Waals surface area contributed by atoms with Crippen LogP contribution in [-0.2, 0) is 16.1 Å². The van der Waals surface area contributed by atoms with Crippen LogP contribution >= 0.6 is 11.3 Å². The number of rotatable bonds is 4. The molecule has 1 aromatic rings. The fourth-order valence-corrected chi connectivity index (χ4v) is 3.83. The Labute approximate surface area is 140 Å². The number of nitrogens with zero attached hydrogens (tertiary/aromatic N) is 2. The molecule has 0 spiro atoms. The highest BCUT2D eigenvalue weighted by molar-refractivity contribution is 7.13. The van der Waals surface area contributed by atoms with E-state index in [4.69, 9.17) is 0 Å². The van der Waals surface area contributed by atoms with E-state index in [0.29, 0.717) is 24.5 Å². The summed E-state index contributed by atoms with van der Waals surface area (Å²) in [6, 6.07) is 0. The van der Waals surface area contributed by atoms with Gasteiger partial charge in [0.15, 0.2) is 5.13 Å². The first kappa shape index (κ1) is 16.4. The average molecular weight is 336 g/mol. The van der Waals surface area contributed by atoms with Crippen LogP contribution in [0.3, 0.4) is 0 Å². The molecule has 3 heterocycles. The molecule has 0 saturated carbocycles. The van der Waals surface area contributed by atoms with Gasteiger partial charge in [0.25, 0.3) is 0 Å². The number of hydrogen-bond donors (Lipinski definition) is 2. The number of aromatic nitrogens is 1. The lowest BCUT2D eigenvalue weighted by Gasteiger charge is -2.20. The van der Waals surface area contributed by atoms with Crippen molar-refractivity contribution >= 4 is 28.3 Å². The molecule has 0 radical (unpaired) electrons. The highest BCUT2D eigenvalue weighted by Gasteiger charge is 2.25. The normalized spacial score (nSPS) is 23.1. The monoisotopic (exact) mass is 336 g/mol. The minimum absolute atomic E-state index is 0.0306. The Morgan fingerprint density at radius 3 is 2.83 bits per heavy atom. The first-order valence-electron chi connectivity index (χ1n) is 8.45. The lowest BCUT2D eigenvalue weighted by molar-refractivity contribution is -0.126. The van der Waals surface area contributed by atoms with E-state index in [1.54, 1.807) is 0 Å². The Kier molecular flexibility index (Phi) is 5.61. The predicted octanol–water partition coefficient (Wildman–Crippen LogP) is 1.98. The van der Waals surface area contributed by atoms with Gasteiger partial charge in [0.2, 0.25) is 11.8 Å². The maximum absolute atomic E-state index is 12.2. The summed E-state index contributed by atoms with van der Waals surface area (Å²) in [6.45, 7) is 3.57. The highest BCUT2D eigenvalue weighted by atomic mass is 32.1. The molecule has 3 rings (SSSR count). The highest BCUT2D eigenvalue weighted by Crippen LogP contribution is 2.20. The van der Waals surface area contributed by atoms with Gasteiger partial charge in [0.1, 0.15) is 0 Å². The van der Waals surface area contributed by atoms with Crippen LogP contribution in [0, 0.1) is 5.92 Å². The number of nitrogens with one attached hydrogen (secondary N) is 2. The summed E-state index contributed by atoms with van der Waals surface area (Å²) in [7, 11) is 0. The van der Waals surface area contributed by atoms with Crippen molar-refractivity contribution in [3.8, 4) is 0 Å². The third kappa shape index (κ3) is 4.75. The van der Waals surface area contributed by atoms with E-state index in [1.165, 1.54) is 37.0 Å². The zero-order valence-electron chi connectivity index (χ0n) is 13.3. The fraction of sp³-hybridized carbons (Fsp3) is 0.688. The Bertz CT molecular complexity index is 542. The van der Waals surface area contributed by atoms with Gasteiger partial charge in [-0.15, -0.1) is 11.3 Å². The van der Waals surface area contributed by atoms with E-state index >= 15 is 0 Å². The molecule has 0 aromatic carbocycles. The second kappa shape index (κ2) is 7.88. The molecule has 6 nitrogen and oxygen atoms in total. The summed E-state index contributed by atoms with van der Waals surface area (Å²) >= 11 is 1.48. The van der Waals surface area contributed by atoms with E-state index in [1.807, 2.05) is 5.38 Å². The van der Waals surface area contributed by atoms with Gasteiger partial charge in [0.05, 0.1) is 11.6 Å². The average Bonchev–Trinajstić information content (AvgIpc) is 2.81. The largest absolute Gasteiger partial charge is 0.355 e. The number of amides is 2. The van der Waals surface area contributed by atoms with Crippen molar-refractivity contribution in [1.29, 1.82) is 0 Å². The van der Waals surface area contributed by atoms with Gasteiger partial charge in [0, 0.05) is 24.9 Å². The van der Waals surface area contributed by atoms with Crippen molar-refractivity contribution in [2.45, 2.75) is 45.1 Å². The van der Waals surface area contributed by atoms with Gasteiger partial charge >= 0.3 is 0 Å². The van der Waals surface area contributed by atoms with E-state index in [2.05, 4.69) is 20.5 Å². The van der Waals surface area contributed by atoms with E-state index in [9.17, 15) is 9.59 Å². The molecular formula is C16H24N4O2S. The number of carbonyl (C=O) groups excluding carboxylic acids is 2. The maximum atomic E-state index is 12.2. The van der Waals surface area contributed by atoms with E-state index < -0.39 is 0 Å². The van der Waals surface area contributed by atoms with Gasteiger partial charge in [-0.25, -0.2) is 4.98 Å². The number of hydrogen-bond acceptors (Lipinski definition) is 5. The van der Waals surface area contributed by atoms with E-state index in [-0.39, 0.29) is 17.7 Å². The Hall–Kier alpha value is -1.47. The molecular weight excluding hydrogens is 312 g/mol. The first-order chi connectivity index (χ1) is 11.2. The summed E-state index contributed by atoms with van der Waals surface area (Å²) in [5.74, 6) is -0.158. The molecule has 2 amide bonds. The molecule has 7 heteroatoms. The van der Waals surface area contributed by atoms with Crippen LogP contribution in [0.2, 0.25) is 0 Å². The fourth-order valence-electron chi connectivity index (χ4n) is 3.12. The molecule has 0 aliphatic carbocycles. The van der Waals surface area contributed by atoms with Crippen molar-refractivity contribution < 1.29 is 9.59 Å². The molecule has 23 heavy (non-hydrogen) atoms. The predicted molar refractivity (Wildman–Crippen MR) is 90.2 cm³/mol. The Morgan fingerprint density at radius 2 is 2.13 bits per heavy atom. The summed E-state index contributed by atoms with van der Waals surface area (Å²) in [5.41, 5.74) is 1.03. The summed E-state index contributed by atoms with van der Waals surface area (Å²) < 4.78 is 0. The standard InChI is InChI=1S/C16H24N4O2S/c21-14-6-5-12(9-17-14)15(22)19-16-18-13(11-23-16)10-20-7-3-1-2-4-8-20/h11-12H,1-10H2,(H,17,21)(H,18,19,22)/t12-/m1/s1. The van der Waals surface area contributed by atoms with Crippen LogP contribution in [0.15, 0.2) is 5.38 Å². The van der Waals surface area contributed by atoms with Crippen LogP contribution in [0.25, 0.3) is 0 Å². The van der Waals surface area contributed by atoms with Crippen molar-refractivity contribution in [2.24, 2.45) is 5.92 Å². The number of likely N-dealkylation sites (tertiary alicyclic amines) is 1. The van der Waals surface area contributed by atoms with Crippen molar-refractivity contribution in [1.82, 2.24) is 15.2 Å². The molecule has 2 aliphatic rings. The molecule has 2 saturated heterocycles. The number of thiazole rings is 1. The number of carbonyl (C=O) groups is 2. The second-order valence-electron chi connectivity index (χ2n) is 6.36. The molecule has 2 N–H and O–H groups in total. The zero-order valence-corrected chi connectivity index (χ0v) is 14.2. The minimum Gasteiger partial charge on any atom is -0.355 e. The van der Waals surface area contributed by atoms with Gasteiger partial charge < -0.3 is 10.6 Å². The Morgan fingerprint density at radius 1 is 1.35 bits per heavy atom. The maximum Gasteiger partial charge on any atom is 0.231 e. The minimum atomic E-state index is -0.148. The zero-order chi connectivity index (χ0) is 16.1. The lowest BCUT2D eigenvalue weighted by Crippen LogP contribution is -2.40. The van der Waals surface area contributed by atoms with Crippen LogP contribution < -0.4 is 10.6 Å². The molecule has 2 aliphatic heterocycles. The van der Waals surface area contributed by atoms with Gasteiger partial charge in [-0.05, 0) is 32.4 Å². The van der Waals surface area contributed by atoms with Gasteiger partial charge in [-0.2, -0.15) is 0 Å². The SMILES string of the molecule is O=C1CC[C@@H](C(=O)Nc2nc(CN3CCCCCC3)cs2)CN1. The lowest BCUT2D eigenvalue weighted by atomic mass is 9.98. The summed E-state index contributed by atoms with van der Waals surface area (Å²) in [4.78, 5) is 30.4. The van der Waals surface area contributed by atoms with Crippen molar-refractivity contribution in [3.05, 3.63) is 11.1 Å². The topological polar surface area (TPSA) is 74.3 Å².